The smallest absolute Gasteiger partial charge is 0.0509 e. The maximum atomic E-state index is 6.01. The lowest BCUT2D eigenvalue weighted by molar-refractivity contribution is 0.0155. The molecule has 3 nitrogen and oxygen atoms in total. The molecule has 0 aromatic carbocycles. The summed E-state index contributed by atoms with van der Waals surface area (Å²) in [7, 11) is 0. The second kappa shape index (κ2) is 6.17. The quantitative estimate of drug-likeness (QED) is 0.813. The van der Waals surface area contributed by atoms with E-state index in [0.717, 1.165) is 31.6 Å². The van der Waals surface area contributed by atoms with Crippen molar-refractivity contribution in [3.05, 3.63) is 0 Å². The Morgan fingerprint density at radius 2 is 2.12 bits per heavy atom. The Morgan fingerprint density at radius 1 is 1.29 bits per heavy atom. The summed E-state index contributed by atoms with van der Waals surface area (Å²) in [5.41, 5.74) is 6.01. The van der Waals surface area contributed by atoms with Crippen LogP contribution in [-0.4, -0.2) is 43.8 Å². The van der Waals surface area contributed by atoms with Gasteiger partial charge in [0.25, 0.3) is 0 Å². The summed E-state index contributed by atoms with van der Waals surface area (Å²) in [5, 5.41) is 0. The molecule has 17 heavy (non-hydrogen) atoms. The van der Waals surface area contributed by atoms with Gasteiger partial charge in [-0.05, 0) is 43.6 Å². The zero-order chi connectivity index (χ0) is 12.3. The summed E-state index contributed by atoms with van der Waals surface area (Å²) in [6.45, 7) is 9.83. The van der Waals surface area contributed by atoms with Crippen LogP contribution in [0, 0.1) is 17.8 Å². The topological polar surface area (TPSA) is 38.5 Å². The van der Waals surface area contributed by atoms with Crippen LogP contribution in [0.25, 0.3) is 0 Å². The van der Waals surface area contributed by atoms with Crippen LogP contribution < -0.4 is 5.73 Å². The Balaban J connectivity index is 1.90. The van der Waals surface area contributed by atoms with Crippen LogP contribution in [0.3, 0.4) is 0 Å². The molecule has 2 aliphatic rings. The van der Waals surface area contributed by atoms with E-state index in [2.05, 4.69) is 18.7 Å². The molecule has 2 aliphatic heterocycles. The third-order valence-electron chi connectivity index (χ3n) is 4.65. The van der Waals surface area contributed by atoms with Gasteiger partial charge in [-0.1, -0.05) is 13.8 Å². The second-order valence-electron chi connectivity index (χ2n) is 6.07. The van der Waals surface area contributed by atoms with Gasteiger partial charge in [0.1, 0.15) is 0 Å². The van der Waals surface area contributed by atoms with Crippen molar-refractivity contribution in [3.8, 4) is 0 Å². The van der Waals surface area contributed by atoms with E-state index in [4.69, 9.17) is 10.5 Å². The highest BCUT2D eigenvalue weighted by molar-refractivity contribution is 4.87. The van der Waals surface area contributed by atoms with Crippen LogP contribution in [0.2, 0.25) is 0 Å². The number of hydrogen-bond acceptors (Lipinski definition) is 3. The molecule has 0 saturated carbocycles. The van der Waals surface area contributed by atoms with Crippen LogP contribution in [0.5, 0.6) is 0 Å². The zero-order valence-electron chi connectivity index (χ0n) is 11.4. The van der Waals surface area contributed by atoms with Gasteiger partial charge in [0.05, 0.1) is 6.61 Å². The molecule has 100 valence electrons. The first-order chi connectivity index (χ1) is 8.22. The highest BCUT2D eigenvalue weighted by atomic mass is 16.5. The van der Waals surface area contributed by atoms with E-state index < -0.39 is 0 Å². The average molecular weight is 240 g/mol. The number of rotatable bonds is 4. The third-order valence-corrected chi connectivity index (χ3v) is 4.65. The highest BCUT2D eigenvalue weighted by Crippen LogP contribution is 2.29. The molecule has 2 heterocycles. The SMILES string of the molecule is CC(C)C1CCN(C(CN)C2CCCOC2)C1. The van der Waals surface area contributed by atoms with Crippen molar-refractivity contribution in [3.63, 3.8) is 0 Å². The maximum Gasteiger partial charge on any atom is 0.0509 e. The molecule has 0 aromatic rings. The predicted octanol–water partition coefficient (Wildman–Crippen LogP) is 1.72. The Kier molecular flexibility index (Phi) is 4.83. The van der Waals surface area contributed by atoms with Gasteiger partial charge in [0.2, 0.25) is 0 Å². The summed E-state index contributed by atoms with van der Waals surface area (Å²) in [4.78, 5) is 2.63. The molecule has 0 bridgehead atoms. The molecule has 3 atom stereocenters. The minimum atomic E-state index is 0.555. The van der Waals surface area contributed by atoms with Gasteiger partial charge >= 0.3 is 0 Å². The molecular weight excluding hydrogens is 212 g/mol. The second-order valence-corrected chi connectivity index (χ2v) is 6.07. The number of nitrogens with two attached hydrogens (primary N) is 1. The normalized spacial score (nSPS) is 33.2. The predicted molar refractivity (Wildman–Crippen MR) is 70.9 cm³/mol. The molecule has 2 saturated heterocycles. The Labute approximate surface area is 106 Å². The van der Waals surface area contributed by atoms with E-state index in [0.29, 0.717) is 12.0 Å². The van der Waals surface area contributed by atoms with E-state index in [1.54, 1.807) is 0 Å². The van der Waals surface area contributed by atoms with Gasteiger partial charge in [0, 0.05) is 25.7 Å². The third kappa shape index (κ3) is 3.21. The van der Waals surface area contributed by atoms with Crippen molar-refractivity contribution in [1.82, 2.24) is 4.90 Å². The van der Waals surface area contributed by atoms with Crippen LogP contribution in [0.15, 0.2) is 0 Å². The minimum Gasteiger partial charge on any atom is -0.381 e. The lowest BCUT2D eigenvalue weighted by Gasteiger charge is -2.36. The van der Waals surface area contributed by atoms with Crippen LogP contribution in [0.4, 0.5) is 0 Å². The fourth-order valence-electron chi connectivity index (χ4n) is 3.37. The Morgan fingerprint density at radius 3 is 2.65 bits per heavy atom. The van der Waals surface area contributed by atoms with Gasteiger partial charge in [-0.25, -0.2) is 0 Å². The molecule has 2 rings (SSSR count). The lowest BCUT2D eigenvalue weighted by atomic mass is 9.92. The zero-order valence-corrected chi connectivity index (χ0v) is 11.4. The van der Waals surface area contributed by atoms with Crippen molar-refractivity contribution < 1.29 is 4.74 Å². The van der Waals surface area contributed by atoms with E-state index in [1.165, 1.54) is 32.4 Å². The molecular formula is C14H28N2O. The van der Waals surface area contributed by atoms with Gasteiger partial charge in [-0.15, -0.1) is 0 Å². The summed E-state index contributed by atoms with van der Waals surface area (Å²) < 4.78 is 5.62. The fraction of sp³-hybridized carbons (Fsp3) is 1.00. The number of ether oxygens (including phenoxy) is 1. The highest BCUT2D eigenvalue weighted by Gasteiger charge is 2.33. The van der Waals surface area contributed by atoms with Gasteiger partial charge in [-0.3, -0.25) is 4.90 Å². The molecule has 3 heteroatoms. The van der Waals surface area contributed by atoms with E-state index >= 15 is 0 Å². The molecule has 0 amide bonds. The average Bonchev–Trinajstić information content (AvgIpc) is 2.81. The summed E-state index contributed by atoms with van der Waals surface area (Å²) >= 11 is 0. The van der Waals surface area contributed by atoms with E-state index in [9.17, 15) is 0 Å². The summed E-state index contributed by atoms with van der Waals surface area (Å²) in [6.07, 6.45) is 3.86. The Bertz CT molecular complexity index is 226. The molecule has 0 spiro atoms. The van der Waals surface area contributed by atoms with Gasteiger partial charge < -0.3 is 10.5 Å². The first kappa shape index (κ1) is 13.3. The molecule has 0 aromatic heterocycles. The standard InChI is InChI=1S/C14H28N2O/c1-11(2)12-5-6-16(9-12)14(8-15)13-4-3-7-17-10-13/h11-14H,3-10,15H2,1-2H3. The van der Waals surface area contributed by atoms with Crippen molar-refractivity contribution in [2.24, 2.45) is 23.5 Å². The number of hydrogen-bond donors (Lipinski definition) is 1. The molecule has 0 aliphatic carbocycles. The molecule has 2 fully saturated rings. The van der Waals surface area contributed by atoms with Crippen LogP contribution in [-0.2, 0) is 4.74 Å². The lowest BCUT2D eigenvalue weighted by Crippen LogP contribution is -2.47. The first-order valence-electron chi connectivity index (χ1n) is 7.24. The summed E-state index contributed by atoms with van der Waals surface area (Å²) in [6, 6.07) is 0.555. The van der Waals surface area contributed by atoms with Crippen molar-refractivity contribution >= 4 is 0 Å². The van der Waals surface area contributed by atoms with Gasteiger partial charge in [-0.2, -0.15) is 0 Å². The summed E-state index contributed by atoms with van der Waals surface area (Å²) in [5.74, 6) is 2.34. The van der Waals surface area contributed by atoms with E-state index in [-0.39, 0.29) is 0 Å². The largest absolute Gasteiger partial charge is 0.381 e. The van der Waals surface area contributed by atoms with Crippen molar-refractivity contribution in [2.45, 2.75) is 39.2 Å². The molecule has 3 unspecified atom stereocenters. The monoisotopic (exact) mass is 240 g/mol. The minimum absolute atomic E-state index is 0.555. The van der Waals surface area contributed by atoms with E-state index in [1.807, 2.05) is 0 Å². The molecule has 2 N–H and O–H groups in total. The number of likely N-dealkylation sites (tertiary alicyclic amines) is 1. The maximum absolute atomic E-state index is 6.01. The van der Waals surface area contributed by atoms with Crippen molar-refractivity contribution in [2.75, 3.05) is 32.8 Å². The van der Waals surface area contributed by atoms with Crippen molar-refractivity contribution in [1.29, 1.82) is 0 Å². The van der Waals surface area contributed by atoms with Crippen LogP contribution in [0.1, 0.15) is 33.1 Å². The van der Waals surface area contributed by atoms with Crippen LogP contribution >= 0.6 is 0 Å². The molecule has 0 radical (unpaired) electrons. The number of nitrogens with zero attached hydrogens (tertiary/aromatic N) is 1. The fourth-order valence-corrected chi connectivity index (χ4v) is 3.37. The Hall–Kier alpha value is -0.120. The van der Waals surface area contributed by atoms with Gasteiger partial charge in [0.15, 0.2) is 0 Å². The first-order valence-corrected chi connectivity index (χ1v) is 7.24.